The van der Waals surface area contributed by atoms with Gasteiger partial charge in [0.25, 0.3) is 0 Å². The Bertz CT molecular complexity index is 1770. The molecule has 0 N–H and O–H groups in total. The zero-order valence-electron chi connectivity index (χ0n) is 31.6. The molecule has 4 aromatic carbocycles. The Morgan fingerprint density at radius 2 is 0.960 bits per heavy atom. The van der Waals surface area contributed by atoms with Gasteiger partial charge in [0.1, 0.15) is 0 Å². The van der Waals surface area contributed by atoms with Crippen LogP contribution < -0.4 is 0 Å². The van der Waals surface area contributed by atoms with Gasteiger partial charge in [0.15, 0.2) is 0 Å². The molecular formula is C46H57Cl2SiZr. The van der Waals surface area contributed by atoms with Crippen molar-refractivity contribution in [3.8, 4) is 22.3 Å². The molecule has 4 unspecified atom stereocenters. The predicted octanol–water partition coefficient (Wildman–Crippen LogP) is 14.6. The van der Waals surface area contributed by atoms with E-state index in [0.717, 1.165) is 38.5 Å². The average Bonchev–Trinajstić information content (AvgIpc) is 3.73. The number of aryl methyl sites for hydroxylation is 2. The fraction of sp³-hybridized carbons (Fsp3) is 0.391. The first kappa shape index (κ1) is 37.8. The summed E-state index contributed by atoms with van der Waals surface area (Å²) >= 11 is -4.97. The van der Waals surface area contributed by atoms with Crippen LogP contribution in [0, 0.1) is 11.8 Å². The maximum atomic E-state index is 8.94. The molecule has 0 fully saturated rings. The van der Waals surface area contributed by atoms with Crippen LogP contribution in [0.2, 0.25) is 13.1 Å². The Labute approximate surface area is 312 Å². The fourth-order valence-electron chi connectivity index (χ4n) is 9.27. The first-order chi connectivity index (χ1) is 24.0. The predicted molar refractivity (Wildman–Crippen MR) is 223 cm³/mol. The van der Waals surface area contributed by atoms with Gasteiger partial charge in [-0.05, 0) is 0 Å². The summed E-state index contributed by atoms with van der Waals surface area (Å²) in [5, 5.41) is 0. The summed E-state index contributed by atoms with van der Waals surface area (Å²) in [6.45, 7) is 19.1. The van der Waals surface area contributed by atoms with E-state index in [9.17, 15) is 0 Å². The van der Waals surface area contributed by atoms with E-state index >= 15 is 0 Å². The SMILES string of the molecule is CCCc1ccc2c(c1-c1ccccc1)C=C(C(C)CC)[CH]2[Zr]([Cl])([Cl])([CH]1C(C(C)CC)=Cc2c1ccc(CCC)c2-c1ccccc1)[SiH](C)C. The van der Waals surface area contributed by atoms with E-state index in [1.807, 2.05) is 0 Å². The zero-order valence-corrected chi connectivity index (χ0v) is 36.7. The molecule has 4 heteroatoms. The molecule has 4 atom stereocenters. The van der Waals surface area contributed by atoms with Gasteiger partial charge in [-0.1, -0.05) is 0 Å². The molecule has 0 amide bonds. The number of fused-ring (bicyclic) bond motifs is 2. The van der Waals surface area contributed by atoms with Crippen LogP contribution in [-0.4, -0.2) is 5.92 Å². The van der Waals surface area contributed by atoms with E-state index in [0.29, 0.717) is 11.8 Å². The van der Waals surface area contributed by atoms with E-state index in [4.69, 9.17) is 17.0 Å². The van der Waals surface area contributed by atoms with Gasteiger partial charge in [-0.25, -0.2) is 0 Å². The first-order valence-electron chi connectivity index (χ1n) is 19.4. The summed E-state index contributed by atoms with van der Waals surface area (Å²) in [5.74, 6) is -0.901. The van der Waals surface area contributed by atoms with Gasteiger partial charge >= 0.3 is 315 Å². The topological polar surface area (TPSA) is 0 Å². The standard InChI is InChI=1S/2C22H25.C2H7Si.2ClH.Zr/c2*1-4-9-17-12-13-19-14-20(16(3)5-2)15-21(19)22(17)18-10-7-6-8-11-18;1-3-2;;;/h2*6-8,10-16H,4-5,9H2,1-3H3;3H,1-2H3;2*1H;/q;;;;;+2/p-2. The van der Waals surface area contributed by atoms with Crippen LogP contribution in [0.5, 0.6) is 0 Å². The van der Waals surface area contributed by atoms with Gasteiger partial charge in [0, 0.05) is 0 Å². The van der Waals surface area contributed by atoms with Gasteiger partial charge in [0.05, 0.1) is 0 Å². The summed E-state index contributed by atoms with van der Waals surface area (Å²) < 4.78 is 0.182. The zero-order chi connectivity index (χ0) is 35.8. The summed E-state index contributed by atoms with van der Waals surface area (Å²) in [5.41, 5.74) is 16.8. The second-order valence-electron chi connectivity index (χ2n) is 15.6. The molecular weight excluding hydrogens is 743 g/mol. The maximum absolute atomic E-state index is 8.94. The second kappa shape index (κ2) is 15.2. The third-order valence-electron chi connectivity index (χ3n) is 12.4. The summed E-state index contributed by atoms with van der Waals surface area (Å²) in [7, 11) is 17.9. The monoisotopic (exact) mass is 797 g/mol. The molecule has 6 rings (SSSR count). The van der Waals surface area contributed by atoms with Crippen molar-refractivity contribution in [2.75, 3.05) is 0 Å². The first-order valence-corrected chi connectivity index (χ1v) is 35.7. The molecule has 263 valence electrons. The number of allylic oxidation sites excluding steroid dienone is 2. The Balaban J connectivity index is 1.68. The van der Waals surface area contributed by atoms with Crippen molar-refractivity contribution in [3.05, 3.63) is 129 Å². The van der Waals surface area contributed by atoms with E-state index in [2.05, 4.69) is 152 Å². The minimum absolute atomic E-state index is 0.0911. The number of halogens is 2. The quantitative estimate of drug-likeness (QED) is 0.118. The second-order valence-corrected chi connectivity index (χ2v) is 58.1. The van der Waals surface area contributed by atoms with Crippen LogP contribution in [-0.2, 0) is 28.4 Å². The Morgan fingerprint density at radius 1 is 0.580 bits per heavy atom. The van der Waals surface area contributed by atoms with Gasteiger partial charge in [-0.2, -0.15) is 0 Å². The number of benzene rings is 4. The number of hydrogen-bond acceptors (Lipinski definition) is 0. The van der Waals surface area contributed by atoms with E-state index in [1.54, 1.807) is 0 Å². The molecule has 0 bridgehead atoms. The van der Waals surface area contributed by atoms with Crippen molar-refractivity contribution < 1.29 is 15.6 Å². The molecule has 50 heavy (non-hydrogen) atoms. The van der Waals surface area contributed by atoms with Crippen LogP contribution >= 0.6 is 17.0 Å². The summed E-state index contributed by atoms with van der Waals surface area (Å²) in [6.07, 6.45) is 11.7. The van der Waals surface area contributed by atoms with Crippen LogP contribution in [0.25, 0.3) is 34.4 Å². The van der Waals surface area contributed by atoms with Crippen molar-refractivity contribution in [1.82, 2.24) is 0 Å². The van der Waals surface area contributed by atoms with Crippen molar-refractivity contribution in [2.24, 2.45) is 11.8 Å². The minimum atomic E-state index is -4.97. The van der Waals surface area contributed by atoms with E-state index < -0.39 is 21.5 Å². The molecule has 4 aromatic rings. The van der Waals surface area contributed by atoms with Crippen molar-refractivity contribution in [3.63, 3.8) is 0 Å². The molecule has 2 aliphatic carbocycles. The Hall–Kier alpha value is -1.96. The molecule has 0 heterocycles. The van der Waals surface area contributed by atoms with E-state index in [1.165, 1.54) is 66.8 Å². The summed E-state index contributed by atoms with van der Waals surface area (Å²) in [4.78, 5) is 0. The number of rotatable bonds is 13. The van der Waals surface area contributed by atoms with Gasteiger partial charge in [-0.3, -0.25) is 0 Å². The third kappa shape index (κ3) is 6.27. The van der Waals surface area contributed by atoms with Crippen LogP contribution in [0.15, 0.2) is 96.1 Å². The molecule has 0 saturated heterocycles. The molecule has 0 radical (unpaired) electrons. The van der Waals surface area contributed by atoms with Crippen LogP contribution in [0.3, 0.4) is 0 Å². The van der Waals surface area contributed by atoms with Gasteiger partial charge in [0.2, 0.25) is 0 Å². The molecule has 0 aliphatic heterocycles. The fourth-order valence-corrected chi connectivity index (χ4v) is 40.5. The average molecular weight is 800 g/mol. The van der Waals surface area contributed by atoms with Crippen LogP contribution in [0.1, 0.15) is 108 Å². The Morgan fingerprint density at radius 3 is 1.28 bits per heavy atom. The molecule has 2 aliphatic rings. The Kier molecular flexibility index (Phi) is 11.5. The van der Waals surface area contributed by atoms with Crippen molar-refractivity contribution in [2.45, 2.75) is 100 Å². The molecule has 0 spiro atoms. The molecule has 0 nitrogen and oxygen atoms in total. The van der Waals surface area contributed by atoms with Crippen LogP contribution in [0.4, 0.5) is 0 Å². The molecule has 0 aromatic heterocycles. The van der Waals surface area contributed by atoms with E-state index in [-0.39, 0.29) is 7.25 Å². The van der Waals surface area contributed by atoms with Crippen molar-refractivity contribution >= 4 is 35.1 Å². The summed E-state index contributed by atoms with van der Waals surface area (Å²) in [6, 6.07) is 31.9. The normalized spacial score (nSPS) is 19.0. The van der Waals surface area contributed by atoms with Gasteiger partial charge in [-0.15, -0.1) is 0 Å². The van der Waals surface area contributed by atoms with Gasteiger partial charge < -0.3 is 0 Å². The third-order valence-corrected chi connectivity index (χ3v) is 64.0. The number of hydrogen-bond donors (Lipinski definition) is 0. The van der Waals surface area contributed by atoms with Crippen molar-refractivity contribution in [1.29, 1.82) is 0 Å². The molecule has 0 saturated carbocycles.